The van der Waals surface area contributed by atoms with Gasteiger partial charge in [0.2, 0.25) is 5.95 Å². The van der Waals surface area contributed by atoms with E-state index in [1.165, 1.54) is 10.5 Å². The molecule has 3 N–H and O–H groups in total. The van der Waals surface area contributed by atoms with Crippen molar-refractivity contribution in [1.29, 1.82) is 0 Å². The number of nitrogens with zero attached hydrogens (tertiary/aromatic N) is 2. The maximum absolute atomic E-state index is 14.4. The summed E-state index contributed by atoms with van der Waals surface area (Å²) in [6.07, 6.45) is 3.16. The second-order valence-corrected chi connectivity index (χ2v) is 9.62. The second kappa shape index (κ2) is 10.1. The summed E-state index contributed by atoms with van der Waals surface area (Å²) in [4.78, 5) is 10.9. The Morgan fingerprint density at radius 1 is 1.15 bits per heavy atom. The summed E-state index contributed by atoms with van der Waals surface area (Å²) in [5.74, 6) is 0.758. The highest BCUT2D eigenvalue weighted by Crippen LogP contribution is 2.33. The maximum Gasteiger partial charge on any atom is 0.225 e. The predicted molar refractivity (Wildman–Crippen MR) is 140 cm³/mol. The third-order valence-corrected chi connectivity index (χ3v) is 7.28. The number of aromatic nitrogens is 2. The number of thiophene rings is 1. The molecule has 0 saturated carbocycles. The predicted octanol–water partition coefficient (Wildman–Crippen LogP) is 6.65. The van der Waals surface area contributed by atoms with Gasteiger partial charge in [-0.1, -0.05) is 48.0 Å². The minimum Gasteiger partial charge on any atom is -0.362 e. The van der Waals surface area contributed by atoms with Crippen molar-refractivity contribution in [3.63, 3.8) is 0 Å². The SMILES string of the molecule is C[C@@H](Nc1nc(NCc2cccc(Cl)c2F)nc2c(C3=CCNCC3)cccc12)c1cccs1. The van der Waals surface area contributed by atoms with E-state index >= 15 is 0 Å². The molecule has 1 aliphatic rings. The van der Waals surface area contributed by atoms with Gasteiger partial charge in [0.05, 0.1) is 16.6 Å². The smallest absolute Gasteiger partial charge is 0.225 e. The Labute approximate surface area is 207 Å². The van der Waals surface area contributed by atoms with Crippen molar-refractivity contribution in [2.45, 2.75) is 25.9 Å². The van der Waals surface area contributed by atoms with Gasteiger partial charge in [-0.3, -0.25) is 0 Å². The molecule has 2 aromatic carbocycles. The fraction of sp³-hybridized carbons (Fsp3) is 0.231. The van der Waals surface area contributed by atoms with Crippen LogP contribution in [0.4, 0.5) is 16.2 Å². The van der Waals surface area contributed by atoms with Gasteiger partial charge in [0.15, 0.2) is 0 Å². The van der Waals surface area contributed by atoms with Crippen molar-refractivity contribution in [1.82, 2.24) is 15.3 Å². The summed E-state index contributed by atoms with van der Waals surface area (Å²) >= 11 is 7.66. The Hall–Kier alpha value is -3.00. The Bertz CT molecular complexity index is 1340. The highest BCUT2D eigenvalue weighted by Gasteiger charge is 2.17. The minimum absolute atomic E-state index is 0.0816. The quantitative estimate of drug-likeness (QED) is 0.269. The molecule has 174 valence electrons. The number of fused-ring (bicyclic) bond motifs is 1. The van der Waals surface area contributed by atoms with Gasteiger partial charge in [0.25, 0.3) is 0 Å². The van der Waals surface area contributed by atoms with Gasteiger partial charge >= 0.3 is 0 Å². The van der Waals surface area contributed by atoms with Crippen LogP contribution in [0.5, 0.6) is 0 Å². The van der Waals surface area contributed by atoms with Gasteiger partial charge in [-0.25, -0.2) is 9.37 Å². The summed E-state index contributed by atoms with van der Waals surface area (Å²) < 4.78 is 14.4. The molecule has 0 amide bonds. The molecule has 4 aromatic rings. The van der Waals surface area contributed by atoms with Gasteiger partial charge in [0.1, 0.15) is 11.6 Å². The number of halogens is 2. The maximum atomic E-state index is 14.4. The average molecular weight is 494 g/mol. The van der Waals surface area contributed by atoms with Gasteiger partial charge in [-0.15, -0.1) is 11.3 Å². The highest BCUT2D eigenvalue weighted by molar-refractivity contribution is 7.10. The van der Waals surface area contributed by atoms with E-state index in [-0.39, 0.29) is 17.6 Å². The van der Waals surface area contributed by atoms with Crippen LogP contribution in [0.2, 0.25) is 5.02 Å². The van der Waals surface area contributed by atoms with E-state index in [1.54, 1.807) is 29.5 Å². The summed E-state index contributed by atoms with van der Waals surface area (Å²) in [7, 11) is 0. The molecule has 3 heterocycles. The van der Waals surface area contributed by atoms with Crippen LogP contribution in [0.25, 0.3) is 16.5 Å². The van der Waals surface area contributed by atoms with Gasteiger partial charge in [-0.05, 0) is 49.0 Å². The average Bonchev–Trinajstić information content (AvgIpc) is 3.40. The molecule has 5 rings (SSSR count). The molecule has 0 saturated heterocycles. The fourth-order valence-corrected chi connectivity index (χ4v) is 5.07. The third-order valence-electron chi connectivity index (χ3n) is 5.93. The molecule has 2 aromatic heterocycles. The van der Waals surface area contributed by atoms with Gasteiger partial charge < -0.3 is 16.0 Å². The van der Waals surface area contributed by atoms with Crippen molar-refractivity contribution in [2.75, 3.05) is 23.7 Å². The molecular weight excluding hydrogens is 469 g/mol. The zero-order chi connectivity index (χ0) is 23.5. The summed E-state index contributed by atoms with van der Waals surface area (Å²) in [6.45, 7) is 4.13. The van der Waals surface area contributed by atoms with E-state index < -0.39 is 5.82 Å². The van der Waals surface area contributed by atoms with E-state index in [9.17, 15) is 4.39 Å². The molecule has 8 heteroatoms. The van der Waals surface area contributed by atoms with Crippen molar-refractivity contribution >= 4 is 51.2 Å². The van der Waals surface area contributed by atoms with Crippen molar-refractivity contribution < 1.29 is 4.39 Å². The Morgan fingerprint density at radius 2 is 2.03 bits per heavy atom. The second-order valence-electron chi connectivity index (χ2n) is 8.23. The number of anilines is 2. The van der Waals surface area contributed by atoms with E-state index in [2.05, 4.69) is 52.5 Å². The molecule has 34 heavy (non-hydrogen) atoms. The monoisotopic (exact) mass is 493 g/mol. The van der Waals surface area contributed by atoms with E-state index in [0.717, 1.165) is 41.8 Å². The topological polar surface area (TPSA) is 61.9 Å². The highest BCUT2D eigenvalue weighted by atomic mass is 35.5. The lowest BCUT2D eigenvalue weighted by Gasteiger charge is -2.19. The number of benzene rings is 2. The Balaban J connectivity index is 1.55. The van der Waals surface area contributed by atoms with Crippen molar-refractivity contribution in [3.05, 3.63) is 86.8 Å². The fourth-order valence-electron chi connectivity index (χ4n) is 4.14. The van der Waals surface area contributed by atoms with Crippen molar-refractivity contribution in [2.24, 2.45) is 0 Å². The van der Waals surface area contributed by atoms with Crippen LogP contribution in [0.1, 0.15) is 35.4 Å². The molecule has 0 spiro atoms. The lowest BCUT2D eigenvalue weighted by atomic mass is 9.97. The Kier molecular flexibility index (Phi) is 6.76. The minimum atomic E-state index is -0.428. The van der Waals surface area contributed by atoms with Crippen LogP contribution in [0.3, 0.4) is 0 Å². The molecule has 0 bridgehead atoms. The molecule has 1 atom stereocenters. The van der Waals surface area contributed by atoms with Crippen molar-refractivity contribution in [3.8, 4) is 0 Å². The first-order valence-electron chi connectivity index (χ1n) is 11.3. The molecule has 0 aliphatic carbocycles. The standard InChI is InChI=1S/C26H25ClFN5S/c1-16(22-9-4-14-34-22)31-25-20-7-3-6-19(17-10-12-29-13-11-17)24(20)32-26(33-25)30-15-18-5-2-8-21(27)23(18)28/h2-10,14,16,29H,11-13,15H2,1H3,(H2,30,31,32,33)/t16-/m1/s1. The number of para-hydroxylation sites is 1. The molecule has 0 radical (unpaired) electrons. The number of hydrogen-bond donors (Lipinski definition) is 3. The van der Waals surface area contributed by atoms with E-state index in [4.69, 9.17) is 21.6 Å². The normalized spacial score (nSPS) is 14.6. The molecule has 5 nitrogen and oxygen atoms in total. The van der Waals surface area contributed by atoms with Crippen LogP contribution < -0.4 is 16.0 Å². The first kappa shape index (κ1) is 22.8. The molecular formula is C26H25ClFN5S. The Morgan fingerprint density at radius 3 is 2.82 bits per heavy atom. The lowest BCUT2D eigenvalue weighted by molar-refractivity contribution is 0.613. The summed E-state index contributed by atoms with van der Waals surface area (Å²) in [6, 6.07) is 15.4. The van der Waals surface area contributed by atoms with Crippen LogP contribution >= 0.6 is 22.9 Å². The third kappa shape index (κ3) is 4.78. The van der Waals surface area contributed by atoms with Crippen LogP contribution in [0, 0.1) is 5.82 Å². The largest absolute Gasteiger partial charge is 0.362 e. The zero-order valence-corrected chi connectivity index (χ0v) is 20.3. The molecule has 0 fully saturated rings. The van der Waals surface area contributed by atoms with Gasteiger partial charge in [-0.2, -0.15) is 4.98 Å². The molecule has 1 aliphatic heterocycles. The van der Waals surface area contributed by atoms with Crippen LogP contribution in [0.15, 0.2) is 60.0 Å². The number of rotatable bonds is 7. The number of nitrogens with one attached hydrogen (secondary N) is 3. The van der Waals surface area contributed by atoms with E-state index in [1.807, 2.05) is 12.1 Å². The lowest BCUT2D eigenvalue weighted by Crippen LogP contribution is -2.20. The van der Waals surface area contributed by atoms with Crippen LogP contribution in [-0.4, -0.2) is 23.1 Å². The van der Waals surface area contributed by atoms with Gasteiger partial charge in [0, 0.05) is 34.5 Å². The van der Waals surface area contributed by atoms with E-state index in [0.29, 0.717) is 11.5 Å². The van der Waals surface area contributed by atoms with Crippen LogP contribution in [-0.2, 0) is 6.54 Å². The first-order chi connectivity index (χ1) is 16.6. The summed E-state index contributed by atoms with van der Waals surface area (Å²) in [5, 5.41) is 13.3. The first-order valence-corrected chi connectivity index (χ1v) is 12.5. The molecule has 0 unspecified atom stereocenters. The number of hydrogen-bond acceptors (Lipinski definition) is 6. The zero-order valence-electron chi connectivity index (χ0n) is 18.7. The summed E-state index contributed by atoms with van der Waals surface area (Å²) in [5.41, 5.74) is 3.71.